The molecule has 0 aromatic heterocycles. The van der Waals surface area contributed by atoms with E-state index in [0.717, 1.165) is 5.56 Å². The van der Waals surface area contributed by atoms with Gasteiger partial charge in [0.05, 0.1) is 10.7 Å². The zero-order valence-corrected chi connectivity index (χ0v) is 13.7. The van der Waals surface area contributed by atoms with Crippen LogP contribution in [0.25, 0.3) is 0 Å². The Morgan fingerprint density at radius 2 is 1.90 bits per heavy atom. The summed E-state index contributed by atoms with van der Waals surface area (Å²) in [5, 5.41) is 0.333. The van der Waals surface area contributed by atoms with Gasteiger partial charge >= 0.3 is 0 Å². The van der Waals surface area contributed by atoms with E-state index in [4.69, 9.17) is 17.3 Å². The summed E-state index contributed by atoms with van der Waals surface area (Å²) in [4.78, 5) is 0.0649. The monoisotopic (exact) mass is 374 g/mol. The zero-order chi connectivity index (χ0) is 14.9. The zero-order valence-electron chi connectivity index (χ0n) is 10.5. The SMILES string of the molecule is Cc1ccc(Cl)c(NS(=O)(=O)c2cc(N)ccc2Br)c1. The minimum Gasteiger partial charge on any atom is -0.399 e. The van der Waals surface area contributed by atoms with Crippen LogP contribution in [0.3, 0.4) is 0 Å². The maximum atomic E-state index is 12.4. The molecule has 0 saturated heterocycles. The number of aryl methyl sites for hydroxylation is 1. The summed E-state index contributed by atoms with van der Waals surface area (Å²) in [5.74, 6) is 0. The lowest BCUT2D eigenvalue weighted by Crippen LogP contribution is -2.14. The van der Waals surface area contributed by atoms with Gasteiger partial charge in [-0.15, -0.1) is 0 Å². The second kappa shape index (κ2) is 5.63. The highest BCUT2D eigenvalue weighted by atomic mass is 79.9. The number of rotatable bonds is 3. The largest absolute Gasteiger partial charge is 0.399 e. The maximum Gasteiger partial charge on any atom is 0.263 e. The first-order chi connectivity index (χ1) is 9.29. The van der Waals surface area contributed by atoms with E-state index < -0.39 is 10.0 Å². The minimum absolute atomic E-state index is 0.0649. The molecule has 0 aliphatic heterocycles. The smallest absolute Gasteiger partial charge is 0.263 e. The third kappa shape index (κ3) is 3.26. The molecule has 0 aliphatic carbocycles. The lowest BCUT2D eigenvalue weighted by atomic mass is 10.2. The van der Waals surface area contributed by atoms with Crippen LogP contribution in [0.15, 0.2) is 45.8 Å². The molecule has 0 saturated carbocycles. The number of halogens is 2. The predicted octanol–water partition coefficient (Wildman–Crippen LogP) is 3.79. The Hall–Kier alpha value is -1.24. The van der Waals surface area contributed by atoms with Crippen molar-refractivity contribution in [2.75, 3.05) is 10.5 Å². The fourth-order valence-electron chi connectivity index (χ4n) is 1.64. The number of nitrogens with one attached hydrogen (secondary N) is 1. The molecular weight excluding hydrogens is 364 g/mol. The molecule has 2 aromatic carbocycles. The van der Waals surface area contributed by atoms with Crippen LogP contribution in [0.1, 0.15) is 5.56 Å². The number of nitrogens with two attached hydrogens (primary N) is 1. The van der Waals surface area contributed by atoms with E-state index >= 15 is 0 Å². The van der Waals surface area contributed by atoms with Gasteiger partial charge in [-0.2, -0.15) is 0 Å². The van der Waals surface area contributed by atoms with Crippen LogP contribution in [0.4, 0.5) is 11.4 Å². The Labute approximate surface area is 131 Å². The second-order valence-corrected chi connectivity index (χ2v) is 7.19. The van der Waals surface area contributed by atoms with Crippen molar-refractivity contribution in [3.63, 3.8) is 0 Å². The van der Waals surface area contributed by atoms with Crippen molar-refractivity contribution in [2.45, 2.75) is 11.8 Å². The third-order valence-corrected chi connectivity index (χ3v) is 5.30. The van der Waals surface area contributed by atoms with E-state index in [2.05, 4.69) is 20.7 Å². The van der Waals surface area contributed by atoms with Crippen LogP contribution in [0.5, 0.6) is 0 Å². The summed E-state index contributed by atoms with van der Waals surface area (Å²) >= 11 is 9.20. The summed E-state index contributed by atoms with van der Waals surface area (Å²) in [6, 6.07) is 9.69. The molecule has 4 nitrogen and oxygen atoms in total. The minimum atomic E-state index is -3.77. The number of hydrogen-bond donors (Lipinski definition) is 2. The average molecular weight is 376 g/mol. The van der Waals surface area contributed by atoms with Crippen LogP contribution in [-0.4, -0.2) is 8.42 Å². The summed E-state index contributed by atoms with van der Waals surface area (Å²) < 4.78 is 27.7. The maximum absolute atomic E-state index is 12.4. The van der Waals surface area contributed by atoms with Gasteiger partial charge in [0.2, 0.25) is 0 Å². The summed E-state index contributed by atoms with van der Waals surface area (Å²) in [6.45, 7) is 1.85. The molecule has 7 heteroatoms. The Balaban J connectivity index is 2.46. The summed E-state index contributed by atoms with van der Waals surface area (Å²) in [5.41, 5.74) is 7.23. The molecule has 0 fully saturated rings. The van der Waals surface area contributed by atoms with Crippen molar-refractivity contribution in [1.82, 2.24) is 0 Å². The number of anilines is 2. The van der Waals surface area contributed by atoms with Crippen molar-refractivity contribution in [3.8, 4) is 0 Å². The van der Waals surface area contributed by atoms with Gasteiger partial charge in [0.1, 0.15) is 4.90 Å². The van der Waals surface area contributed by atoms with E-state index in [-0.39, 0.29) is 4.90 Å². The number of nitrogen functional groups attached to an aromatic ring is 1. The molecule has 0 spiro atoms. The van der Waals surface area contributed by atoms with Gasteiger partial charge in [-0.05, 0) is 58.7 Å². The van der Waals surface area contributed by atoms with E-state index in [1.54, 1.807) is 30.3 Å². The van der Waals surface area contributed by atoms with E-state index in [0.29, 0.717) is 20.9 Å². The quantitative estimate of drug-likeness (QED) is 0.802. The topological polar surface area (TPSA) is 72.2 Å². The highest BCUT2D eigenvalue weighted by Gasteiger charge is 2.19. The van der Waals surface area contributed by atoms with Crippen molar-refractivity contribution in [2.24, 2.45) is 0 Å². The highest BCUT2D eigenvalue weighted by molar-refractivity contribution is 9.10. The van der Waals surface area contributed by atoms with Crippen molar-refractivity contribution < 1.29 is 8.42 Å². The van der Waals surface area contributed by atoms with Crippen LogP contribution in [0, 0.1) is 6.92 Å². The van der Waals surface area contributed by atoms with Crippen molar-refractivity contribution in [3.05, 3.63) is 51.5 Å². The molecule has 2 rings (SSSR count). The highest BCUT2D eigenvalue weighted by Crippen LogP contribution is 2.29. The molecule has 3 N–H and O–H groups in total. The Bertz CT molecular complexity index is 763. The van der Waals surface area contributed by atoms with Gasteiger partial charge in [-0.25, -0.2) is 8.42 Å². The Kier molecular flexibility index (Phi) is 4.27. The molecule has 106 valence electrons. The van der Waals surface area contributed by atoms with Crippen LogP contribution >= 0.6 is 27.5 Å². The van der Waals surface area contributed by atoms with Gasteiger partial charge in [0.25, 0.3) is 10.0 Å². The fraction of sp³-hybridized carbons (Fsp3) is 0.0769. The first-order valence-corrected chi connectivity index (χ1v) is 8.29. The molecule has 0 amide bonds. The van der Waals surface area contributed by atoms with Crippen LogP contribution in [-0.2, 0) is 10.0 Å². The van der Waals surface area contributed by atoms with Gasteiger partial charge in [0, 0.05) is 10.2 Å². The standard InChI is InChI=1S/C13H12BrClN2O2S/c1-8-2-5-11(15)12(6-8)17-20(18,19)13-7-9(16)3-4-10(13)14/h2-7,17H,16H2,1H3. The van der Waals surface area contributed by atoms with Crippen LogP contribution < -0.4 is 10.5 Å². The fourth-order valence-corrected chi connectivity index (χ4v) is 3.93. The van der Waals surface area contributed by atoms with E-state index in [9.17, 15) is 8.42 Å². The molecule has 0 atom stereocenters. The first kappa shape index (κ1) is 15.2. The van der Waals surface area contributed by atoms with Crippen LogP contribution in [0.2, 0.25) is 5.02 Å². The average Bonchev–Trinajstić information content (AvgIpc) is 2.36. The van der Waals surface area contributed by atoms with Crippen molar-refractivity contribution >= 4 is 48.9 Å². The summed E-state index contributed by atoms with van der Waals surface area (Å²) in [7, 11) is -3.77. The molecule has 2 aromatic rings. The van der Waals surface area contributed by atoms with Crippen molar-refractivity contribution in [1.29, 1.82) is 0 Å². The number of benzene rings is 2. The third-order valence-electron chi connectivity index (χ3n) is 2.61. The van der Waals surface area contributed by atoms with E-state index in [1.165, 1.54) is 6.07 Å². The number of sulfonamides is 1. The van der Waals surface area contributed by atoms with Gasteiger partial charge in [-0.1, -0.05) is 17.7 Å². The lowest BCUT2D eigenvalue weighted by molar-refractivity contribution is 0.601. The molecule has 0 heterocycles. The van der Waals surface area contributed by atoms with E-state index in [1.807, 2.05) is 6.92 Å². The molecule has 0 radical (unpaired) electrons. The second-order valence-electron chi connectivity index (χ2n) is 4.28. The summed E-state index contributed by atoms with van der Waals surface area (Å²) in [6.07, 6.45) is 0. The molecule has 0 unspecified atom stereocenters. The Morgan fingerprint density at radius 1 is 1.20 bits per heavy atom. The van der Waals surface area contributed by atoms with Gasteiger partial charge < -0.3 is 5.73 Å². The van der Waals surface area contributed by atoms with Gasteiger partial charge in [-0.3, -0.25) is 4.72 Å². The molecule has 0 aliphatic rings. The normalized spacial score (nSPS) is 11.3. The molecule has 20 heavy (non-hydrogen) atoms. The number of hydrogen-bond acceptors (Lipinski definition) is 3. The Morgan fingerprint density at radius 3 is 2.60 bits per heavy atom. The van der Waals surface area contributed by atoms with Gasteiger partial charge in [0.15, 0.2) is 0 Å². The predicted molar refractivity (Wildman–Crippen MR) is 85.6 cm³/mol. The first-order valence-electron chi connectivity index (χ1n) is 5.63. The molecule has 0 bridgehead atoms. The lowest BCUT2D eigenvalue weighted by Gasteiger charge is -2.12. The molecular formula is C13H12BrClN2O2S.